The normalized spacial score (nSPS) is 14.1. The molecule has 0 heterocycles. The number of halogens is 2. The van der Waals surface area contributed by atoms with Crippen molar-refractivity contribution in [1.29, 1.82) is 0 Å². The summed E-state index contributed by atoms with van der Waals surface area (Å²) in [6.45, 7) is 4.75. The van der Waals surface area contributed by atoms with E-state index in [0.29, 0.717) is 0 Å². The maximum Gasteiger partial charge on any atom is 0.322 e. The molecular formula is C12H15ClFNO4S. The Morgan fingerprint density at radius 1 is 1.40 bits per heavy atom. The molecule has 0 amide bonds. The number of benzene rings is 1. The van der Waals surface area contributed by atoms with Crippen molar-refractivity contribution in [1.82, 2.24) is 4.72 Å². The zero-order valence-electron chi connectivity index (χ0n) is 11.1. The highest BCUT2D eigenvalue weighted by atomic mass is 35.5. The lowest BCUT2D eigenvalue weighted by atomic mass is 9.88. The third-order valence-electron chi connectivity index (χ3n) is 2.57. The molecule has 1 rings (SSSR count). The maximum absolute atomic E-state index is 12.9. The molecule has 20 heavy (non-hydrogen) atoms. The van der Waals surface area contributed by atoms with Crippen LogP contribution in [0.3, 0.4) is 0 Å². The molecule has 0 radical (unpaired) electrons. The van der Waals surface area contributed by atoms with Gasteiger partial charge in [0.2, 0.25) is 10.0 Å². The van der Waals surface area contributed by atoms with Crippen LogP contribution in [0, 0.1) is 11.2 Å². The fourth-order valence-electron chi connectivity index (χ4n) is 1.51. The molecule has 0 saturated heterocycles. The third kappa shape index (κ3) is 3.91. The van der Waals surface area contributed by atoms with Gasteiger partial charge in [-0.2, -0.15) is 4.72 Å². The molecule has 2 N–H and O–H groups in total. The first-order valence-corrected chi connectivity index (χ1v) is 7.51. The molecule has 8 heteroatoms. The van der Waals surface area contributed by atoms with Gasteiger partial charge in [-0.1, -0.05) is 32.4 Å². The fraction of sp³-hybridized carbons (Fsp3) is 0.417. The van der Waals surface area contributed by atoms with Gasteiger partial charge in [-0.05, 0) is 23.6 Å². The molecule has 0 aliphatic heterocycles. The van der Waals surface area contributed by atoms with Crippen LogP contribution < -0.4 is 4.72 Å². The van der Waals surface area contributed by atoms with Gasteiger partial charge in [-0.3, -0.25) is 4.79 Å². The molecule has 0 saturated carbocycles. The number of carboxylic acids is 1. The van der Waals surface area contributed by atoms with E-state index < -0.39 is 33.3 Å². The lowest BCUT2D eigenvalue weighted by Crippen LogP contribution is -2.49. The van der Waals surface area contributed by atoms with E-state index in [1.54, 1.807) is 20.8 Å². The lowest BCUT2D eigenvalue weighted by molar-refractivity contribution is -0.141. The van der Waals surface area contributed by atoms with E-state index in [0.717, 1.165) is 18.2 Å². The van der Waals surface area contributed by atoms with E-state index in [4.69, 9.17) is 16.7 Å². The molecule has 0 unspecified atom stereocenters. The molecule has 0 bridgehead atoms. The van der Waals surface area contributed by atoms with E-state index in [9.17, 15) is 17.6 Å². The Morgan fingerprint density at radius 3 is 2.35 bits per heavy atom. The van der Waals surface area contributed by atoms with Crippen molar-refractivity contribution in [3.8, 4) is 0 Å². The molecule has 0 aromatic heterocycles. The highest BCUT2D eigenvalue weighted by molar-refractivity contribution is 7.89. The van der Waals surface area contributed by atoms with E-state index >= 15 is 0 Å². The standard InChI is InChI=1S/C12H15ClFNO4S/c1-12(2,3)10(11(16)17)15-20(18,19)9-5-4-7(14)6-8(9)13/h4-6,10,15H,1-3H3,(H,16,17)/t10-/m1/s1. The number of carbonyl (C=O) groups is 1. The lowest BCUT2D eigenvalue weighted by Gasteiger charge is -2.27. The number of hydrogen-bond donors (Lipinski definition) is 2. The van der Waals surface area contributed by atoms with Crippen molar-refractivity contribution in [3.05, 3.63) is 29.0 Å². The number of aliphatic carboxylic acids is 1. The smallest absolute Gasteiger partial charge is 0.322 e. The number of hydrogen-bond acceptors (Lipinski definition) is 3. The number of carboxylic acid groups (broad SMARTS) is 1. The van der Waals surface area contributed by atoms with Crippen LogP contribution in [0.4, 0.5) is 4.39 Å². The number of rotatable bonds is 4. The summed E-state index contributed by atoms with van der Waals surface area (Å²) < 4.78 is 39.3. The van der Waals surface area contributed by atoms with Gasteiger partial charge in [0.25, 0.3) is 0 Å². The van der Waals surface area contributed by atoms with Gasteiger partial charge in [0.1, 0.15) is 16.8 Å². The largest absolute Gasteiger partial charge is 0.480 e. The molecule has 0 aliphatic rings. The molecule has 0 aliphatic carbocycles. The second kappa shape index (κ2) is 5.67. The molecule has 5 nitrogen and oxygen atoms in total. The summed E-state index contributed by atoms with van der Waals surface area (Å²) in [7, 11) is -4.16. The van der Waals surface area contributed by atoms with E-state index in [1.165, 1.54) is 0 Å². The summed E-state index contributed by atoms with van der Waals surface area (Å²) in [5.74, 6) is -1.99. The van der Waals surface area contributed by atoms with Gasteiger partial charge < -0.3 is 5.11 Å². The SMILES string of the molecule is CC(C)(C)[C@H](NS(=O)(=O)c1ccc(F)cc1Cl)C(=O)O. The average Bonchev–Trinajstić information content (AvgIpc) is 2.23. The first-order valence-electron chi connectivity index (χ1n) is 5.65. The summed E-state index contributed by atoms with van der Waals surface area (Å²) in [6, 6.07) is 1.44. The Balaban J connectivity index is 3.20. The van der Waals surface area contributed by atoms with Crippen LogP contribution in [0.15, 0.2) is 23.1 Å². The van der Waals surface area contributed by atoms with Crippen molar-refractivity contribution in [2.45, 2.75) is 31.7 Å². The zero-order valence-corrected chi connectivity index (χ0v) is 12.7. The van der Waals surface area contributed by atoms with Crippen molar-refractivity contribution in [2.24, 2.45) is 5.41 Å². The molecule has 1 aromatic carbocycles. The van der Waals surface area contributed by atoms with Crippen LogP contribution in [-0.2, 0) is 14.8 Å². The monoisotopic (exact) mass is 323 g/mol. The molecule has 1 atom stereocenters. The molecular weight excluding hydrogens is 309 g/mol. The van der Waals surface area contributed by atoms with Gasteiger partial charge >= 0.3 is 5.97 Å². The quantitative estimate of drug-likeness (QED) is 0.890. The van der Waals surface area contributed by atoms with Crippen molar-refractivity contribution >= 4 is 27.6 Å². The minimum Gasteiger partial charge on any atom is -0.480 e. The van der Waals surface area contributed by atoms with E-state index in [-0.39, 0.29) is 9.92 Å². The Kier molecular flexibility index (Phi) is 4.78. The van der Waals surface area contributed by atoms with Crippen LogP contribution in [0.5, 0.6) is 0 Å². The topological polar surface area (TPSA) is 83.5 Å². The van der Waals surface area contributed by atoms with Gasteiger partial charge in [0, 0.05) is 0 Å². The first kappa shape index (κ1) is 16.9. The summed E-state index contributed by atoms with van der Waals surface area (Å²) in [4.78, 5) is 10.8. The second-order valence-corrected chi connectivity index (χ2v) is 7.42. The minimum absolute atomic E-state index is 0.310. The summed E-state index contributed by atoms with van der Waals surface area (Å²) in [6.07, 6.45) is 0. The summed E-state index contributed by atoms with van der Waals surface area (Å²) >= 11 is 5.68. The molecule has 1 aromatic rings. The van der Waals surface area contributed by atoms with Gasteiger partial charge in [-0.15, -0.1) is 0 Å². The van der Waals surface area contributed by atoms with Crippen molar-refractivity contribution < 1.29 is 22.7 Å². The second-order valence-electron chi connectivity index (χ2n) is 5.33. The first-order chi connectivity index (χ1) is 8.95. The Hall–Kier alpha value is -1.18. The van der Waals surface area contributed by atoms with Crippen LogP contribution in [-0.4, -0.2) is 25.5 Å². The van der Waals surface area contributed by atoms with E-state index in [2.05, 4.69) is 4.72 Å². The van der Waals surface area contributed by atoms with Crippen LogP contribution in [0.2, 0.25) is 5.02 Å². The Bertz CT molecular complexity index is 625. The van der Waals surface area contributed by atoms with Crippen LogP contribution in [0.25, 0.3) is 0 Å². The average molecular weight is 324 g/mol. The highest BCUT2D eigenvalue weighted by Gasteiger charge is 2.35. The zero-order chi connectivity index (χ0) is 15.7. The van der Waals surface area contributed by atoms with Crippen molar-refractivity contribution in [2.75, 3.05) is 0 Å². The highest BCUT2D eigenvalue weighted by Crippen LogP contribution is 2.25. The van der Waals surface area contributed by atoms with Gasteiger partial charge in [0.15, 0.2) is 0 Å². The number of sulfonamides is 1. The van der Waals surface area contributed by atoms with Crippen molar-refractivity contribution in [3.63, 3.8) is 0 Å². The summed E-state index contributed by atoms with van der Waals surface area (Å²) in [5.41, 5.74) is -0.842. The Morgan fingerprint density at radius 2 is 1.95 bits per heavy atom. The van der Waals surface area contributed by atoms with Gasteiger partial charge in [-0.25, -0.2) is 12.8 Å². The van der Waals surface area contributed by atoms with Gasteiger partial charge in [0.05, 0.1) is 5.02 Å². The number of nitrogens with one attached hydrogen (secondary N) is 1. The predicted octanol–water partition coefficient (Wildman–Crippen LogP) is 2.26. The van der Waals surface area contributed by atoms with Crippen LogP contribution >= 0.6 is 11.6 Å². The maximum atomic E-state index is 12.9. The van der Waals surface area contributed by atoms with E-state index in [1.807, 2.05) is 0 Å². The molecule has 112 valence electrons. The third-order valence-corrected chi connectivity index (χ3v) is 4.48. The van der Waals surface area contributed by atoms with Crippen LogP contribution in [0.1, 0.15) is 20.8 Å². The fourth-order valence-corrected chi connectivity index (χ4v) is 3.44. The molecule has 0 fully saturated rings. The summed E-state index contributed by atoms with van der Waals surface area (Å²) in [5, 5.41) is 8.80. The molecule has 0 spiro atoms. The predicted molar refractivity (Wildman–Crippen MR) is 72.6 cm³/mol. The minimum atomic E-state index is -4.16. The Labute approximate surface area is 121 Å².